The summed E-state index contributed by atoms with van der Waals surface area (Å²) in [5, 5.41) is 14.1. The predicted octanol–water partition coefficient (Wildman–Crippen LogP) is 2.31. The van der Waals surface area contributed by atoms with Crippen LogP contribution in [0.2, 0.25) is 5.02 Å². The molecule has 2 fully saturated rings. The van der Waals surface area contributed by atoms with Crippen molar-refractivity contribution in [1.29, 1.82) is 0 Å². The first-order valence-electron chi connectivity index (χ1n) is 9.69. The van der Waals surface area contributed by atoms with E-state index in [9.17, 15) is 19.7 Å². The van der Waals surface area contributed by atoms with E-state index in [0.717, 1.165) is 38.8 Å². The molecule has 2 amide bonds. The molecule has 152 valence electrons. The van der Waals surface area contributed by atoms with E-state index in [4.69, 9.17) is 11.6 Å². The normalized spacial score (nSPS) is 18.2. The maximum Gasteiger partial charge on any atom is 0.283 e. The zero-order valence-corrected chi connectivity index (χ0v) is 16.5. The summed E-state index contributed by atoms with van der Waals surface area (Å²) >= 11 is 5.78. The largest absolute Gasteiger partial charge is 0.351 e. The fraction of sp³-hybridized carbons (Fsp3) is 0.579. The van der Waals surface area contributed by atoms with Crippen LogP contribution in [0.25, 0.3) is 0 Å². The van der Waals surface area contributed by atoms with Crippen LogP contribution < -0.4 is 5.32 Å². The van der Waals surface area contributed by atoms with Crippen molar-refractivity contribution < 1.29 is 14.5 Å². The minimum absolute atomic E-state index is 0.00128. The average molecular weight is 409 g/mol. The van der Waals surface area contributed by atoms with Gasteiger partial charge in [0, 0.05) is 56.3 Å². The van der Waals surface area contributed by atoms with Crippen LogP contribution in [0.5, 0.6) is 0 Å². The second-order valence-electron chi connectivity index (χ2n) is 7.32. The highest BCUT2D eigenvalue weighted by atomic mass is 35.5. The van der Waals surface area contributed by atoms with Gasteiger partial charge in [-0.25, -0.2) is 0 Å². The summed E-state index contributed by atoms with van der Waals surface area (Å²) in [6.07, 6.45) is 4.34. The summed E-state index contributed by atoms with van der Waals surface area (Å²) in [7, 11) is 0. The Hall–Kier alpha value is -2.19. The Kier molecular flexibility index (Phi) is 6.85. The summed E-state index contributed by atoms with van der Waals surface area (Å²) in [4.78, 5) is 39.4. The molecule has 8 nitrogen and oxygen atoms in total. The lowest BCUT2D eigenvalue weighted by atomic mass is 10.1. The van der Waals surface area contributed by atoms with Crippen molar-refractivity contribution in [3.05, 3.63) is 38.9 Å². The molecule has 2 aliphatic rings. The summed E-state index contributed by atoms with van der Waals surface area (Å²) in [5.74, 6) is 0.0138. The van der Waals surface area contributed by atoms with E-state index in [-0.39, 0.29) is 22.2 Å². The van der Waals surface area contributed by atoms with Gasteiger partial charge in [0.25, 0.3) is 11.6 Å². The van der Waals surface area contributed by atoms with Crippen LogP contribution in [0.15, 0.2) is 18.2 Å². The number of carbonyl (C=O) groups is 2. The number of nitro benzene ring substituents is 1. The lowest BCUT2D eigenvalue weighted by Gasteiger charge is -2.36. The maximum atomic E-state index is 12.5. The molecule has 0 atom stereocenters. The highest BCUT2D eigenvalue weighted by Crippen LogP contribution is 2.27. The van der Waals surface area contributed by atoms with Crippen molar-refractivity contribution >= 4 is 29.1 Å². The minimum Gasteiger partial charge on any atom is -0.351 e. The quantitative estimate of drug-likeness (QED) is 0.575. The van der Waals surface area contributed by atoms with Gasteiger partial charge >= 0.3 is 0 Å². The smallest absolute Gasteiger partial charge is 0.283 e. The first-order chi connectivity index (χ1) is 13.5. The van der Waals surface area contributed by atoms with Gasteiger partial charge in [-0.3, -0.25) is 24.6 Å². The average Bonchev–Trinajstić information content (AvgIpc) is 3.22. The fourth-order valence-corrected chi connectivity index (χ4v) is 4.06. The van der Waals surface area contributed by atoms with E-state index < -0.39 is 10.8 Å². The van der Waals surface area contributed by atoms with E-state index in [1.54, 1.807) is 0 Å². The van der Waals surface area contributed by atoms with Crippen molar-refractivity contribution in [2.45, 2.75) is 25.7 Å². The number of halogens is 1. The zero-order chi connectivity index (χ0) is 20.1. The number of nitro groups is 1. The van der Waals surface area contributed by atoms with Crippen molar-refractivity contribution in [3.8, 4) is 0 Å². The van der Waals surface area contributed by atoms with Crippen LogP contribution in [0, 0.1) is 16.0 Å². The Morgan fingerprint density at radius 2 is 1.86 bits per heavy atom. The number of hydrogen-bond acceptors (Lipinski definition) is 5. The molecule has 28 heavy (non-hydrogen) atoms. The molecule has 1 aromatic rings. The molecule has 1 aliphatic carbocycles. The number of piperazine rings is 1. The second-order valence-corrected chi connectivity index (χ2v) is 7.76. The van der Waals surface area contributed by atoms with Crippen LogP contribution in [-0.4, -0.2) is 65.8 Å². The molecule has 1 aromatic carbocycles. The van der Waals surface area contributed by atoms with E-state index in [0.29, 0.717) is 32.1 Å². The van der Waals surface area contributed by atoms with Gasteiger partial charge in [-0.2, -0.15) is 0 Å². The topological polar surface area (TPSA) is 95.8 Å². The monoisotopic (exact) mass is 408 g/mol. The Labute approximate surface area is 169 Å². The molecule has 0 radical (unpaired) electrons. The van der Waals surface area contributed by atoms with Crippen molar-refractivity contribution in [2.24, 2.45) is 5.92 Å². The van der Waals surface area contributed by atoms with Crippen LogP contribution in [0.1, 0.15) is 36.0 Å². The van der Waals surface area contributed by atoms with Gasteiger partial charge in [0.15, 0.2) is 0 Å². The van der Waals surface area contributed by atoms with Gasteiger partial charge in [0.05, 0.1) is 4.92 Å². The molecule has 0 spiro atoms. The van der Waals surface area contributed by atoms with Crippen LogP contribution in [0.3, 0.4) is 0 Å². The SMILES string of the molecule is O=C(NCCN1CCN(C(=O)C2CCCC2)CC1)c1ccc(Cl)cc1[N+](=O)[O-]. The number of carbonyl (C=O) groups excluding carboxylic acids is 2. The third kappa shape index (κ3) is 4.99. The van der Waals surface area contributed by atoms with Gasteiger partial charge in [-0.05, 0) is 25.0 Å². The van der Waals surface area contributed by atoms with Crippen molar-refractivity contribution in [2.75, 3.05) is 39.3 Å². The van der Waals surface area contributed by atoms with Gasteiger partial charge in [-0.1, -0.05) is 24.4 Å². The zero-order valence-electron chi connectivity index (χ0n) is 15.7. The molecule has 1 saturated heterocycles. The highest BCUT2D eigenvalue weighted by molar-refractivity contribution is 6.31. The standard InChI is InChI=1S/C19H25ClN4O4/c20-15-5-6-16(17(13-15)24(27)28)18(25)21-7-8-22-9-11-23(12-10-22)19(26)14-3-1-2-4-14/h5-6,13-14H,1-4,7-12H2,(H,21,25). The Balaban J connectivity index is 1.43. The third-order valence-electron chi connectivity index (χ3n) is 5.50. The Morgan fingerprint density at radius 1 is 1.18 bits per heavy atom. The molecule has 0 bridgehead atoms. The lowest BCUT2D eigenvalue weighted by Crippen LogP contribution is -2.51. The first-order valence-corrected chi connectivity index (χ1v) is 10.1. The number of hydrogen-bond donors (Lipinski definition) is 1. The molecule has 1 N–H and O–H groups in total. The fourth-order valence-electron chi connectivity index (χ4n) is 3.89. The molecular weight excluding hydrogens is 384 g/mol. The van der Waals surface area contributed by atoms with Crippen molar-refractivity contribution in [1.82, 2.24) is 15.1 Å². The molecule has 0 unspecified atom stereocenters. The maximum absolute atomic E-state index is 12.5. The Bertz CT molecular complexity index is 743. The summed E-state index contributed by atoms with van der Waals surface area (Å²) in [6, 6.07) is 4.00. The first kappa shape index (κ1) is 20.5. The lowest BCUT2D eigenvalue weighted by molar-refractivity contribution is -0.385. The molecule has 3 rings (SSSR count). The number of rotatable bonds is 6. The molecule has 1 aliphatic heterocycles. The predicted molar refractivity (Wildman–Crippen MR) is 105 cm³/mol. The van der Waals surface area contributed by atoms with E-state index in [2.05, 4.69) is 10.2 Å². The number of nitrogens with one attached hydrogen (secondary N) is 1. The van der Waals surface area contributed by atoms with E-state index >= 15 is 0 Å². The number of nitrogens with zero attached hydrogens (tertiary/aromatic N) is 3. The van der Waals surface area contributed by atoms with E-state index in [1.807, 2.05) is 4.90 Å². The van der Waals surface area contributed by atoms with Crippen LogP contribution >= 0.6 is 11.6 Å². The van der Waals surface area contributed by atoms with Gasteiger partial charge < -0.3 is 10.2 Å². The highest BCUT2D eigenvalue weighted by Gasteiger charge is 2.29. The van der Waals surface area contributed by atoms with Crippen LogP contribution in [-0.2, 0) is 4.79 Å². The number of benzene rings is 1. The van der Waals surface area contributed by atoms with Crippen LogP contribution in [0.4, 0.5) is 5.69 Å². The van der Waals surface area contributed by atoms with E-state index in [1.165, 1.54) is 18.2 Å². The summed E-state index contributed by atoms with van der Waals surface area (Å²) in [6.45, 7) is 4.00. The molecule has 1 heterocycles. The molecule has 1 saturated carbocycles. The number of amides is 2. The van der Waals surface area contributed by atoms with Crippen molar-refractivity contribution in [3.63, 3.8) is 0 Å². The third-order valence-corrected chi connectivity index (χ3v) is 5.74. The van der Waals surface area contributed by atoms with Gasteiger partial charge in [-0.15, -0.1) is 0 Å². The molecular formula is C19H25ClN4O4. The van der Waals surface area contributed by atoms with Gasteiger partial charge in [0.1, 0.15) is 5.56 Å². The molecule has 9 heteroatoms. The Morgan fingerprint density at radius 3 is 2.50 bits per heavy atom. The molecule has 0 aromatic heterocycles. The van der Waals surface area contributed by atoms with Gasteiger partial charge in [0.2, 0.25) is 5.91 Å². The summed E-state index contributed by atoms with van der Waals surface area (Å²) in [5.41, 5.74) is -0.301. The summed E-state index contributed by atoms with van der Waals surface area (Å²) < 4.78 is 0. The second kappa shape index (κ2) is 9.34. The minimum atomic E-state index is -0.610.